The number of nitrogens with zero attached hydrogens (tertiary/aromatic N) is 1. The summed E-state index contributed by atoms with van der Waals surface area (Å²) in [5.41, 5.74) is 0.740. The number of sulfone groups is 1. The molecule has 1 aromatic heterocycles. The molecule has 0 unspecified atom stereocenters. The normalized spacial score (nSPS) is 11.6. The molecule has 90 valence electrons. The van der Waals surface area contributed by atoms with Crippen molar-refractivity contribution in [3.05, 3.63) is 34.2 Å². The molecule has 0 N–H and O–H groups in total. The largest absolute Gasteiger partial charge is 0.315 e. The summed E-state index contributed by atoms with van der Waals surface area (Å²) >= 11 is 0. The maximum Gasteiger partial charge on any atom is 0.250 e. The van der Waals surface area contributed by atoms with Crippen LogP contribution in [0.3, 0.4) is 0 Å². The van der Waals surface area contributed by atoms with E-state index in [0.717, 1.165) is 5.56 Å². The highest BCUT2D eigenvalue weighted by Gasteiger charge is 2.09. The van der Waals surface area contributed by atoms with E-state index in [0.29, 0.717) is 6.42 Å². The van der Waals surface area contributed by atoms with Crippen molar-refractivity contribution in [1.29, 1.82) is 0 Å². The zero-order valence-electron chi connectivity index (χ0n) is 9.64. The number of aryl methyl sites for hydroxylation is 2. The molecule has 0 atom stereocenters. The summed E-state index contributed by atoms with van der Waals surface area (Å²) in [4.78, 5) is 11.5. The van der Waals surface area contributed by atoms with E-state index in [-0.39, 0.29) is 23.6 Å². The molecule has 0 aliphatic heterocycles. The molecule has 0 saturated heterocycles. The molecule has 0 aliphatic rings. The van der Waals surface area contributed by atoms with E-state index in [1.807, 2.05) is 13.8 Å². The van der Waals surface area contributed by atoms with Crippen LogP contribution in [0.4, 0.5) is 0 Å². The van der Waals surface area contributed by atoms with Crippen molar-refractivity contribution in [2.45, 2.75) is 26.8 Å². The molecule has 0 bridgehead atoms. The van der Waals surface area contributed by atoms with Crippen LogP contribution in [-0.2, 0) is 16.4 Å². The van der Waals surface area contributed by atoms with E-state index in [9.17, 15) is 13.2 Å². The van der Waals surface area contributed by atoms with Gasteiger partial charge in [-0.15, -0.1) is 0 Å². The van der Waals surface area contributed by atoms with Gasteiger partial charge in [0.05, 0.1) is 5.75 Å². The van der Waals surface area contributed by atoms with Crippen LogP contribution in [0, 0.1) is 6.92 Å². The van der Waals surface area contributed by atoms with Crippen LogP contribution in [0.1, 0.15) is 18.9 Å². The molecule has 0 fully saturated rings. The van der Waals surface area contributed by atoms with Crippen LogP contribution in [0.25, 0.3) is 0 Å². The second-order valence-corrected chi connectivity index (χ2v) is 6.19. The molecule has 4 nitrogen and oxygen atoms in total. The zero-order chi connectivity index (χ0) is 12.2. The first-order chi connectivity index (χ1) is 7.44. The fourth-order valence-electron chi connectivity index (χ4n) is 1.44. The number of hydrogen-bond donors (Lipinski definition) is 0. The van der Waals surface area contributed by atoms with Crippen LogP contribution in [0.2, 0.25) is 0 Å². The van der Waals surface area contributed by atoms with E-state index in [1.165, 1.54) is 10.6 Å². The van der Waals surface area contributed by atoms with E-state index >= 15 is 0 Å². The lowest BCUT2D eigenvalue weighted by molar-refractivity contribution is 0.586. The fraction of sp³-hybridized carbons (Fsp3) is 0.545. The Bertz CT molecular complexity index is 502. The lowest BCUT2D eigenvalue weighted by Gasteiger charge is -2.06. The van der Waals surface area contributed by atoms with Gasteiger partial charge in [-0.1, -0.05) is 6.92 Å². The fourth-order valence-corrected chi connectivity index (χ4v) is 2.74. The minimum atomic E-state index is -3.02. The zero-order valence-corrected chi connectivity index (χ0v) is 10.5. The molecular weight excluding hydrogens is 226 g/mol. The average molecular weight is 243 g/mol. The van der Waals surface area contributed by atoms with Gasteiger partial charge in [0.2, 0.25) is 0 Å². The second-order valence-electron chi connectivity index (χ2n) is 3.89. The maximum atomic E-state index is 11.5. The van der Waals surface area contributed by atoms with Crippen LogP contribution < -0.4 is 5.56 Å². The molecule has 16 heavy (non-hydrogen) atoms. The van der Waals surface area contributed by atoms with Crippen molar-refractivity contribution in [1.82, 2.24) is 4.57 Å². The number of pyridine rings is 1. The predicted molar refractivity (Wildman–Crippen MR) is 64.4 cm³/mol. The van der Waals surface area contributed by atoms with Crippen molar-refractivity contribution < 1.29 is 8.42 Å². The van der Waals surface area contributed by atoms with Crippen LogP contribution in [0.15, 0.2) is 23.1 Å². The minimum absolute atomic E-state index is 0.0316. The van der Waals surface area contributed by atoms with Crippen molar-refractivity contribution in [2.24, 2.45) is 0 Å². The van der Waals surface area contributed by atoms with Crippen molar-refractivity contribution >= 4 is 9.84 Å². The number of rotatable bonds is 5. The molecule has 1 heterocycles. The van der Waals surface area contributed by atoms with Gasteiger partial charge < -0.3 is 4.57 Å². The third-order valence-electron chi connectivity index (χ3n) is 2.31. The summed E-state index contributed by atoms with van der Waals surface area (Å²) in [6, 6.07) is 3.31. The third-order valence-corrected chi connectivity index (χ3v) is 4.14. The van der Waals surface area contributed by atoms with Gasteiger partial charge in [-0.05, 0) is 25.0 Å². The summed E-state index contributed by atoms with van der Waals surface area (Å²) in [6.07, 6.45) is 2.25. The van der Waals surface area contributed by atoms with Gasteiger partial charge in [0.1, 0.15) is 0 Å². The Hall–Kier alpha value is -1.10. The minimum Gasteiger partial charge on any atom is -0.315 e. The molecule has 0 aliphatic carbocycles. The molecule has 5 heteroatoms. The van der Waals surface area contributed by atoms with Crippen molar-refractivity contribution in [3.63, 3.8) is 0 Å². The number of hydrogen-bond acceptors (Lipinski definition) is 3. The first kappa shape index (κ1) is 13.0. The van der Waals surface area contributed by atoms with Gasteiger partial charge in [0.15, 0.2) is 9.84 Å². The number of aromatic nitrogens is 1. The Balaban J connectivity index is 2.72. The molecule has 1 rings (SSSR count). The second kappa shape index (κ2) is 5.30. The SMILES string of the molecule is CCCS(=O)(=O)CCn1ccc(C)cc1=O. The lowest BCUT2D eigenvalue weighted by atomic mass is 10.3. The van der Waals surface area contributed by atoms with Gasteiger partial charge in [-0.3, -0.25) is 4.79 Å². The Morgan fingerprint density at radius 2 is 2.00 bits per heavy atom. The Morgan fingerprint density at radius 1 is 1.31 bits per heavy atom. The Labute approximate surface area is 95.8 Å². The van der Waals surface area contributed by atoms with E-state index in [1.54, 1.807) is 12.3 Å². The predicted octanol–water partition coefficient (Wildman–Crippen LogP) is 0.982. The molecule has 0 saturated carbocycles. The Morgan fingerprint density at radius 3 is 2.56 bits per heavy atom. The summed E-state index contributed by atoms with van der Waals surface area (Å²) in [6.45, 7) is 3.90. The summed E-state index contributed by atoms with van der Waals surface area (Å²) in [5.74, 6) is 0.220. The van der Waals surface area contributed by atoms with Gasteiger partial charge in [0, 0.05) is 24.6 Å². The summed E-state index contributed by atoms with van der Waals surface area (Å²) in [5, 5.41) is 0. The van der Waals surface area contributed by atoms with Crippen molar-refractivity contribution in [3.8, 4) is 0 Å². The lowest BCUT2D eigenvalue weighted by Crippen LogP contribution is -2.24. The third kappa shape index (κ3) is 3.81. The van der Waals surface area contributed by atoms with Crippen LogP contribution >= 0.6 is 0 Å². The van der Waals surface area contributed by atoms with E-state index < -0.39 is 9.84 Å². The van der Waals surface area contributed by atoms with Gasteiger partial charge in [-0.25, -0.2) is 8.42 Å². The van der Waals surface area contributed by atoms with Crippen LogP contribution in [-0.4, -0.2) is 24.5 Å². The first-order valence-corrected chi connectivity index (χ1v) is 7.14. The Kier molecular flexibility index (Phi) is 4.29. The van der Waals surface area contributed by atoms with Gasteiger partial charge in [0.25, 0.3) is 5.56 Å². The standard InChI is InChI=1S/C11H17NO3S/c1-3-7-16(14,15)8-6-12-5-4-10(2)9-11(12)13/h4-5,9H,3,6-8H2,1-2H3. The summed E-state index contributed by atoms with van der Waals surface area (Å²) in [7, 11) is -3.02. The highest BCUT2D eigenvalue weighted by molar-refractivity contribution is 7.91. The van der Waals surface area contributed by atoms with Crippen LogP contribution in [0.5, 0.6) is 0 Å². The summed E-state index contributed by atoms with van der Waals surface area (Å²) < 4.78 is 24.4. The molecule has 0 amide bonds. The topological polar surface area (TPSA) is 56.1 Å². The molecule has 0 spiro atoms. The smallest absolute Gasteiger partial charge is 0.250 e. The van der Waals surface area contributed by atoms with Crippen molar-refractivity contribution in [2.75, 3.05) is 11.5 Å². The van der Waals surface area contributed by atoms with Gasteiger partial charge in [-0.2, -0.15) is 0 Å². The molecule has 1 aromatic rings. The first-order valence-electron chi connectivity index (χ1n) is 5.32. The van der Waals surface area contributed by atoms with E-state index in [2.05, 4.69) is 0 Å². The van der Waals surface area contributed by atoms with E-state index in [4.69, 9.17) is 0 Å². The quantitative estimate of drug-likeness (QED) is 0.774. The highest BCUT2D eigenvalue weighted by atomic mass is 32.2. The molecular formula is C11H17NO3S. The maximum absolute atomic E-state index is 11.5. The average Bonchev–Trinajstić information content (AvgIpc) is 2.16. The molecule has 0 aromatic carbocycles. The monoisotopic (exact) mass is 243 g/mol. The highest BCUT2D eigenvalue weighted by Crippen LogP contribution is 1.96. The molecule has 0 radical (unpaired) electrons. The van der Waals surface area contributed by atoms with Gasteiger partial charge >= 0.3 is 0 Å².